The molecule has 84 valence electrons. The molecule has 1 aliphatic carbocycles. The van der Waals surface area contributed by atoms with Crippen LogP contribution in [0.5, 0.6) is 0 Å². The number of nitrogens with zero attached hydrogens (tertiary/aromatic N) is 1. The Morgan fingerprint density at radius 3 is 2.36 bits per heavy atom. The number of hydrogen-bond donors (Lipinski definition) is 2. The van der Waals surface area contributed by atoms with Gasteiger partial charge in [-0.3, -0.25) is 0 Å². The summed E-state index contributed by atoms with van der Waals surface area (Å²) < 4.78 is 0. The molecule has 0 aromatic rings. The van der Waals surface area contributed by atoms with Gasteiger partial charge in [0.2, 0.25) is 0 Å². The first-order chi connectivity index (χ1) is 6.59. The monoisotopic (exact) mass is 200 g/mol. The summed E-state index contributed by atoms with van der Waals surface area (Å²) in [6.07, 6.45) is 4.14. The molecular formula is C11H24N2O. The van der Waals surface area contributed by atoms with Crippen LogP contribution >= 0.6 is 0 Å². The van der Waals surface area contributed by atoms with E-state index in [9.17, 15) is 5.11 Å². The first-order valence-corrected chi connectivity index (χ1v) is 5.67. The number of aliphatic hydroxyl groups is 1. The first kappa shape index (κ1) is 12.0. The highest BCUT2D eigenvalue weighted by molar-refractivity contribution is 4.78. The highest BCUT2D eigenvalue weighted by atomic mass is 16.3. The van der Waals surface area contributed by atoms with Crippen LogP contribution < -0.4 is 5.32 Å². The van der Waals surface area contributed by atoms with E-state index in [0.717, 1.165) is 32.2 Å². The van der Waals surface area contributed by atoms with Crippen LogP contribution in [0.3, 0.4) is 0 Å². The molecule has 0 spiro atoms. The fourth-order valence-electron chi connectivity index (χ4n) is 1.80. The molecule has 1 fully saturated rings. The van der Waals surface area contributed by atoms with Gasteiger partial charge >= 0.3 is 0 Å². The van der Waals surface area contributed by atoms with Gasteiger partial charge in [0.15, 0.2) is 0 Å². The molecule has 0 amide bonds. The minimum atomic E-state index is -0.0423. The van der Waals surface area contributed by atoms with Crippen molar-refractivity contribution in [2.45, 2.75) is 50.8 Å². The van der Waals surface area contributed by atoms with Crippen LogP contribution in [-0.2, 0) is 0 Å². The molecule has 14 heavy (non-hydrogen) atoms. The average molecular weight is 200 g/mol. The van der Waals surface area contributed by atoms with E-state index < -0.39 is 0 Å². The minimum Gasteiger partial charge on any atom is -0.393 e. The van der Waals surface area contributed by atoms with Crippen LogP contribution in [0, 0.1) is 0 Å². The van der Waals surface area contributed by atoms with E-state index in [1.807, 2.05) is 0 Å². The van der Waals surface area contributed by atoms with Crippen LogP contribution in [0.25, 0.3) is 0 Å². The van der Waals surface area contributed by atoms with Gasteiger partial charge in [0.1, 0.15) is 0 Å². The van der Waals surface area contributed by atoms with Gasteiger partial charge in [-0.2, -0.15) is 0 Å². The number of aliphatic hydroxyl groups excluding tert-OH is 1. The van der Waals surface area contributed by atoms with Crippen LogP contribution in [0.2, 0.25) is 0 Å². The standard InChI is InChI=1S/C11H24N2O/c1-9(13(2)3)8-12-10-4-6-11(14)7-5-10/h9-12,14H,4-8H2,1-3H3. The van der Waals surface area contributed by atoms with E-state index >= 15 is 0 Å². The molecule has 1 aliphatic rings. The van der Waals surface area contributed by atoms with Gasteiger partial charge in [0.25, 0.3) is 0 Å². The van der Waals surface area contributed by atoms with Crippen molar-refractivity contribution in [3.8, 4) is 0 Å². The Morgan fingerprint density at radius 1 is 1.29 bits per heavy atom. The molecule has 1 rings (SSSR count). The fraction of sp³-hybridized carbons (Fsp3) is 1.00. The largest absolute Gasteiger partial charge is 0.393 e. The zero-order valence-electron chi connectivity index (χ0n) is 9.66. The Hall–Kier alpha value is -0.120. The lowest BCUT2D eigenvalue weighted by Gasteiger charge is -2.29. The summed E-state index contributed by atoms with van der Waals surface area (Å²) in [6.45, 7) is 3.28. The van der Waals surface area contributed by atoms with Crippen molar-refractivity contribution in [1.82, 2.24) is 10.2 Å². The van der Waals surface area contributed by atoms with E-state index in [4.69, 9.17) is 0 Å². The number of rotatable bonds is 4. The zero-order valence-corrected chi connectivity index (χ0v) is 9.66. The lowest BCUT2D eigenvalue weighted by Crippen LogP contribution is -2.42. The van der Waals surface area contributed by atoms with Crippen molar-refractivity contribution in [1.29, 1.82) is 0 Å². The third kappa shape index (κ3) is 3.95. The molecule has 0 aliphatic heterocycles. The topological polar surface area (TPSA) is 35.5 Å². The van der Waals surface area contributed by atoms with Gasteiger partial charge in [-0.15, -0.1) is 0 Å². The van der Waals surface area contributed by atoms with Gasteiger partial charge < -0.3 is 15.3 Å². The SMILES string of the molecule is CC(CNC1CCC(O)CC1)N(C)C. The lowest BCUT2D eigenvalue weighted by molar-refractivity contribution is 0.115. The Labute approximate surface area is 87.5 Å². The molecular weight excluding hydrogens is 176 g/mol. The fourth-order valence-corrected chi connectivity index (χ4v) is 1.80. The smallest absolute Gasteiger partial charge is 0.0541 e. The summed E-state index contributed by atoms with van der Waals surface area (Å²) in [7, 11) is 4.22. The molecule has 1 atom stereocenters. The molecule has 0 saturated heterocycles. The van der Waals surface area contributed by atoms with Gasteiger partial charge in [-0.25, -0.2) is 0 Å². The number of hydrogen-bond acceptors (Lipinski definition) is 3. The molecule has 0 bridgehead atoms. The summed E-state index contributed by atoms with van der Waals surface area (Å²) in [4.78, 5) is 2.23. The second-order valence-electron chi connectivity index (χ2n) is 4.73. The summed E-state index contributed by atoms with van der Waals surface area (Å²) >= 11 is 0. The van der Waals surface area contributed by atoms with E-state index in [-0.39, 0.29) is 6.10 Å². The van der Waals surface area contributed by atoms with Crippen molar-refractivity contribution >= 4 is 0 Å². The number of likely N-dealkylation sites (N-methyl/N-ethyl adjacent to an activating group) is 1. The van der Waals surface area contributed by atoms with Crippen molar-refractivity contribution in [2.24, 2.45) is 0 Å². The molecule has 3 heteroatoms. The second kappa shape index (κ2) is 5.69. The van der Waals surface area contributed by atoms with Crippen molar-refractivity contribution in [3.63, 3.8) is 0 Å². The summed E-state index contributed by atoms with van der Waals surface area (Å²) in [5.74, 6) is 0. The molecule has 1 saturated carbocycles. The van der Waals surface area contributed by atoms with Gasteiger partial charge in [-0.05, 0) is 46.7 Å². The molecule has 2 N–H and O–H groups in total. The van der Waals surface area contributed by atoms with E-state index in [2.05, 4.69) is 31.2 Å². The second-order valence-corrected chi connectivity index (χ2v) is 4.73. The van der Waals surface area contributed by atoms with Crippen molar-refractivity contribution in [3.05, 3.63) is 0 Å². The van der Waals surface area contributed by atoms with Gasteiger partial charge in [0.05, 0.1) is 6.10 Å². The van der Waals surface area contributed by atoms with E-state index in [1.54, 1.807) is 0 Å². The van der Waals surface area contributed by atoms with Crippen LogP contribution in [0.15, 0.2) is 0 Å². The summed E-state index contributed by atoms with van der Waals surface area (Å²) in [6, 6.07) is 1.21. The quantitative estimate of drug-likeness (QED) is 0.705. The normalized spacial score (nSPS) is 30.6. The minimum absolute atomic E-state index is 0.0423. The molecule has 3 nitrogen and oxygen atoms in total. The maximum absolute atomic E-state index is 9.36. The Kier molecular flexibility index (Phi) is 4.85. The Morgan fingerprint density at radius 2 is 1.86 bits per heavy atom. The molecule has 0 heterocycles. The van der Waals surface area contributed by atoms with E-state index in [1.165, 1.54) is 0 Å². The highest BCUT2D eigenvalue weighted by Gasteiger charge is 2.19. The van der Waals surface area contributed by atoms with Crippen molar-refractivity contribution < 1.29 is 5.11 Å². The Balaban J connectivity index is 2.13. The molecule has 1 unspecified atom stereocenters. The summed E-state index contributed by atoms with van der Waals surface area (Å²) in [5, 5.41) is 12.9. The summed E-state index contributed by atoms with van der Waals surface area (Å²) in [5.41, 5.74) is 0. The zero-order chi connectivity index (χ0) is 10.6. The Bertz CT molecular complexity index is 153. The van der Waals surface area contributed by atoms with Crippen LogP contribution in [0.4, 0.5) is 0 Å². The van der Waals surface area contributed by atoms with Crippen LogP contribution in [-0.4, -0.2) is 48.8 Å². The predicted octanol–water partition coefficient (Wildman–Crippen LogP) is 0.830. The highest BCUT2D eigenvalue weighted by Crippen LogP contribution is 2.18. The predicted molar refractivity (Wildman–Crippen MR) is 59.4 cm³/mol. The average Bonchev–Trinajstić information content (AvgIpc) is 2.16. The number of nitrogens with one attached hydrogen (secondary N) is 1. The van der Waals surface area contributed by atoms with Crippen LogP contribution in [0.1, 0.15) is 32.6 Å². The maximum Gasteiger partial charge on any atom is 0.0541 e. The third-order valence-electron chi connectivity index (χ3n) is 3.28. The first-order valence-electron chi connectivity index (χ1n) is 5.67. The molecule has 0 aromatic carbocycles. The third-order valence-corrected chi connectivity index (χ3v) is 3.28. The van der Waals surface area contributed by atoms with Gasteiger partial charge in [-0.1, -0.05) is 0 Å². The molecule has 0 radical (unpaired) electrons. The van der Waals surface area contributed by atoms with Crippen molar-refractivity contribution in [2.75, 3.05) is 20.6 Å². The maximum atomic E-state index is 9.36. The lowest BCUT2D eigenvalue weighted by atomic mass is 9.93. The molecule has 0 aromatic heterocycles. The van der Waals surface area contributed by atoms with Gasteiger partial charge in [0, 0.05) is 18.6 Å². The van der Waals surface area contributed by atoms with E-state index in [0.29, 0.717) is 12.1 Å².